The van der Waals surface area contributed by atoms with Crippen LogP contribution in [0.4, 0.5) is 13.2 Å². The molecule has 0 aliphatic carbocycles. The lowest BCUT2D eigenvalue weighted by atomic mass is 10.0. The van der Waals surface area contributed by atoms with Crippen LogP contribution in [0.3, 0.4) is 0 Å². The molecule has 0 aliphatic heterocycles. The largest absolute Gasteiger partial charge is 0.389 e. The third-order valence-corrected chi connectivity index (χ3v) is 5.11. The summed E-state index contributed by atoms with van der Waals surface area (Å²) in [6.45, 7) is 0. The summed E-state index contributed by atoms with van der Waals surface area (Å²) in [4.78, 5) is 4.26. The van der Waals surface area contributed by atoms with Crippen LogP contribution in [0.5, 0.6) is 5.75 Å². The maximum absolute atomic E-state index is 12.2. The first-order valence-corrected chi connectivity index (χ1v) is 9.74. The van der Waals surface area contributed by atoms with Crippen molar-refractivity contribution in [1.82, 2.24) is 4.98 Å². The van der Waals surface area contributed by atoms with E-state index in [2.05, 4.69) is 4.98 Å². The standard InChI is InChI=1S/C19H16F3NO3S/c20-19(21,22)10-4-12-27(24,25)26-15-9-11-23-18(13-15)17-8-3-6-14-5-1-2-7-16(14)17/h1-3,5-9,11,13H,4,10,12H2. The van der Waals surface area contributed by atoms with Gasteiger partial charge in [-0.05, 0) is 17.2 Å². The van der Waals surface area contributed by atoms with Crippen molar-refractivity contribution in [1.29, 1.82) is 0 Å². The zero-order chi connectivity index (χ0) is 19.5. The minimum atomic E-state index is -4.40. The molecule has 27 heavy (non-hydrogen) atoms. The first-order valence-electron chi connectivity index (χ1n) is 8.17. The summed E-state index contributed by atoms with van der Waals surface area (Å²) in [5.74, 6) is -0.696. The highest BCUT2D eigenvalue weighted by molar-refractivity contribution is 7.87. The van der Waals surface area contributed by atoms with Crippen molar-refractivity contribution in [2.24, 2.45) is 0 Å². The molecule has 2 aromatic carbocycles. The molecule has 0 unspecified atom stereocenters. The van der Waals surface area contributed by atoms with Gasteiger partial charge in [0, 0.05) is 30.3 Å². The second-order valence-electron chi connectivity index (χ2n) is 5.97. The third kappa shape index (κ3) is 5.19. The minimum absolute atomic E-state index is 0.0138. The fourth-order valence-corrected chi connectivity index (χ4v) is 3.67. The average Bonchev–Trinajstić information content (AvgIpc) is 2.59. The second kappa shape index (κ2) is 7.56. The van der Waals surface area contributed by atoms with Crippen LogP contribution in [0.15, 0.2) is 60.8 Å². The van der Waals surface area contributed by atoms with Crippen LogP contribution >= 0.6 is 0 Å². The molecule has 0 fully saturated rings. The van der Waals surface area contributed by atoms with Crippen molar-refractivity contribution in [3.8, 4) is 17.0 Å². The first kappa shape index (κ1) is 19.2. The van der Waals surface area contributed by atoms with Gasteiger partial charge in [-0.1, -0.05) is 42.5 Å². The van der Waals surface area contributed by atoms with E-state index in [9.17, 15) is 21.6 Å². The number of aromatic nitrogens is 1. The molecule has 0 saturated carbocycles. The van der Waals surface area contributed by atoms with Crippen molar-refractivity contribution in [3.63, 3.8) is 0 Å². The Bertz CT molecular complexity index is 1040. The molecule has 0 N–H and O–H groups in total. The number of fused-ring (bicyclic) bond motifs is 1. The van der Waals surface area contributed by atoms with Gasteiger partial charge in [-0.3, -0.25) is 4.98 Å². The number of halogens is 3. The first-order chi connectivity index (χ1) is 12.7. The van der Waals surface area contributed by atoms with Gasteiger partial charge in [0.1, 0.15) is 5.75 Å². The van der Waals surface area contributed by atoms with Crippen LogP contribution in [0.25, 0.3) is 22.0 Å². The second-order valence-corrected chi connectivity index (χ2v) is 7.66. The van der Waals surface area contributed by atoms with E-state index in [-0.39, 0.29) is 5.75 Å². The fourth-order valence-electron chi connectivity index (χ4n) is 2.70. The smallest absolute Gasteiger partial charge is 0.382 e. The summed E-state index contributed by atoms with van der Waals surface area (Å²) in [7, 11) is -4.13. The number of hydrogen-bond acceptors (Lipinski definition) is 4. The molecule has 3 rings (SSSR count). The van der Waals surface area contributed by atoms with Crippen molar-refractivity contribution in [3.05, 3.63) is 60.8 Å². The number of rotatable bonds is 6. The Morgan fingerprint density at radius 3 is 2.52 bits per heavy atom. The number of alkyl halides is 3. The molecule has 0 bridgehead atoms. The fraction of sp³-hybridized carbons (Fsp3) is 0.211. The van der Waals surface area contributed by atoms with Gasteiger partial charge in [0.25, 0.3) is 0 Å². The highest BCUT2D eigenvalue weighted by atomic mass is 32.2. The Morgan fingerprint density at radius 2 is 1.74 bits per heavy atom. The number of nitrogens with zero attached hydrogens (tertiary/aromatic N) is 1. The van der Waals surface area contributed by atoms with E-state index in [1.54, 1.807) is 0 Å². The molecule has 0 radical (unpaired) electrons. The number of hydrogen-bond donors (Lipinski definition) is 0. The topological polar surface area (TPSA) is 56.3 Å². The molecular formula is C19H16F3NO3S. The Kier molecular flexibility index (Phi) is 5.36. The van der Waals surface area contributed by atoms with Gasteiger partial charge in [0.2, 0.25) is 0 Å². The quantitative estimate of drug-likeness (QED) is 0.554. The lowest BCUT2D eigenvalue weighted by Crippen LogP contribution is -2.16. The van der Waals surface area contributed by atoms with Crippen molar-refractivity contribution < 1.29 is 25.8 Å². The molecule has 0 aliphatic rings. The highest BCUT2D eigenvalue weighted by Gasteiger charge is 2.27. The average molecular weight is 395 g/mol. The van der Waals surface area contributed by atoms with Crippen LogP contribution in [0.2, 0.25) is 0 Å². The molecule has 3 aromatic rings. The normalized spacial score (nSPS) is 12.3. The third-order valence-electron chi connectivity index (χ3n) is 3.87. The predicted octanol–water partition coefficient (Wildman–Crippen LogP) is 4.95. The Labute approximate surface area is 154 Å². The molecule has 0 atom stereocenters. The summed E-state index contributed by atoms with van der Waals surface area (Å²) in [5.41, 5.74) is 1.31. The van der Waals surface area contributed by atoms with E-state index >= 15 is 0 Å². The molecule has 0 saturated heterocycles. The van der Waals surface area contributed by atoms with Gasteiger partial charge in [-0.2, -0.15) is 21.6 Å². The van der Waals surface area contributed by atoms with Crippen LogP contribution in [-0.4, -0.2) is 25.3 Å². The Hall–Kier alpha value is -2.61. The summed E-state index contributed by atoms with van der Waals surface area (Å²) < 4.78 is 65.4. The van der Waals surface area contributed by atoms with Crippen LogP contribution < -0.4 is 4.18 Å². The monoisotopic (exact) mass is 395 g/mol. The van der Waals surface area contributed by atoms with Crippen LogP contribution in [0.1, 0.15) is 12.8 Å². The lowest BCUT2D eigenvalue weighted by molar-refractivity contribution is -0.134. The molecule has 1 heterocycles. The van der Waals surface area contributed by atoms with Gasteiger partial charge in [0.15, 0.2) is 0 Å². The van der Waals surface area contributed by atoms with Gasteiger partial charge in [-0.15, -0.1) is 0 Å². The van der Waals surface area contributed by atoms with Gasteiger partial charge >= 0.3 is 16.3 Å². The SMILES string of the molecule is O=S(=O)(CCCC(F)(F)F)Oc1ccnc(-c2cccc3ccccc23)c1. The van der Waals surface area contributed by atoms with E-state index in [1.807, 2.05) is 42.5 Å². The Morgan fingerprint density at radius 1 is 1.00 bits per heavy atom. The van der Waals surface area contributed by atoms with E-state index < -0.39 is 34.9 Å². The zero-order valence-electron chi connectivity index (χ0n) is 14.1. The zero-order valence-corrected chi connectivity index (χ0v) is 14.9. The van der Waals surface area contributed by atoms with Gasteiger partial charge in [-0.25, -0.2) is 0 Å². The molecule has 0 spiro atoms. The van der Waals surface area contributed by atoms with E-state index in [1.165, 1.54) is 18.3 Å². The maximum atomic E-state index is 12.2. The van der Waals surface area contributed by atoms with E-state index in [0.717, 1.165) is 16.3 Å². The van der Waals surface area contributed by atoms with Crippen molar-refractivity contribution >= 4 is 20.9 Å². The lowest BCUT2D eigenvalue weighted by Gasteiger charge is -2.10. The number of pyridine rings is 1. The summed E-state index contributed by atoms with van der Waals surface area (Å²) in [6, 6.07) is 16.2. The summed E-state index contributed by atoms with van der Waals surface area (Å²) in [5, 5.41) is 1.94. The predicted molar refractivity (Wildman–Crippen MR) is 96.9 cm³/mol. The molecule has 1 aromatic heterocycles. The summed E-state index contributed by atoms with van der Waals surface area (Å²) >= 11 is 0. The van der Waals surface area contributed by atoms with Crippen molar-refractivity contribution in [2.75, 3.05) is 5.75 Å². The molecule has 4 nitrogen and oxygen atoms in total. The molecule has 142 valence electrons. The Balaban J connectivity index is 1.81. The van der Waals surface area contributed by atoms with Crippen LogP contribution in [0, 0.1) is 0 Å². The highest BCUT2D eigenvalue weighted by Crippen LogP contribution is 2.29. The molecule has 0 amide bonds. The van der Waals surface area contributed by atoms with Gasteiger partial charge < -0.3 is 4.18 Å². The van der Waals surface area contributed by atoms with Crippen molar-refractivity contribution in [2.45, 2.75) is 19.0 Å². The van der Waals surface area contributed by atoms with Crippen LogP contribution in [-0.2, 0) is 10.1 Å². The van der Waals surface area contributed by atoms with E-state index in [4.69, 9.17) is 4.18 Å². The summed E-state index contributed by atoms with van der Waals surface area (Å²) in [6.07, 6.45) is -4.72. The minimum Gasteiger partial charge on any atom is -0.382 e. The maximum Gasteiger partial charge on any atom is 0.389 e. The molecule has 8 heteroatoms. The molecular weight excluding hydrogens is 379 g/mol. The van der Waals surface area contributed by atoms with E-state index in [0.29, 0.717) is 5.69 Å². The van der Waals surface area contributed by atoms with Gasteiger partial charge in [0.05, 0.1) is 11.4 Å². The number of benzene rings is 2.